The number of benzene rings is 2. The van der Waals surface area contributed by atoms with Crippen molar-refractivity contribution < 1.29 is 9.53 Å². The highest BCUT2D eigenvalue weighted by Gasteiger charge is 2.23. The molecule has 2 bridgehead atoms. The molecular formula is C27H27N7O2. The van der Waals surface area contributed by atoms with E-state index in [2.05, 4.69) is 37.7 Å². The van der Waals surface area contributed by atoms with Gasteiger partial charge in [0, 0.05) is 31.9 Å². The largest absolute Gasteiger partial charge is 0.487 e. The topological polar surface area (TPSA) is 118 Å². The molecule has 4 aromatic rings. The van der Waals surface area contributed by atoms with Crippen molar-refractivity contribution in [1.82, 2.24) is 20.3 Å². The number of carbonyl (C=O) groups is 1. The van der Waals surface area contributed by atoms with Crippen LogP contribution in [0.25, 0.3) is 11.3 Å². The van der Waals surface area contributed by atoms with Gasteiger partial charge < -0.3 is 26.0 Å². The zero-order chi connectivity index (χ0) is 24.9. The van der Waals surface area contributed by atoms with Gasteiger partial charge >= 0.3 is 0 Å². The molecule has 0 radical (unpaired) electrons. The molecule has 1 aliphatic rings. The molecule has 0 saturated carbocycles. The number of hydrogen-bond acceptors (Lipinski definition) is 8. The summed E-state index contributed by atoms with van der Waals surface area (Å²) in [5.74, 6) is 0.242. The van der Waals surface area contributed by atoms with Crippen LogP contribution in [0.1, 0.15) is 16.1 Å². The van der Waals surface area contributed by atoms with Crippen LogP contribution in [0.2, 0.25) is 0 Å². The van der Waals surface area contributed by atoms with Crippen molar-refractivity contribution in [3.8, 4) is 17.0 Å². The molecule has 2 aromatic carbocycles. The molecule has 0 aliphatic carbocycles. The lowest BCUT2D eigenvalue weighted by atomic mass is 10.1. The minimum atomic E-state index is -0.455. The molecule has 9 nitrogen and oxygen atoms in total. The van der Waals surface area contributed by atoms with Crippen molar-refractivity contribution >= 4 is 23.1 Å². The molecule has 9 heteroatoms. The average Bonchev–Trinajstić information content (AvgIpc) is 2.90. The molecule has 1 atom stereocenters. The lowest BCUT2D eigenvalue weighted by molar-refractivity contribution is 0.102. The van der Waals surface area contributed by atoms with Crippen LogP contribution in [0.5, 0.6) is 5.75 Å². The van der Waals surface area contributed by atoms with E-state index < -0.39 is 5.91 Å². The number of ether oxygens (including phenoxy) is 1. The van der Waals surface area contributed by atoms with Gasteiger partial charge in [0.05, 0.1) is 36.0 Å². The second kappa shape index (κ2) is 10.4. The highest BCUT2D eigenvalue weighted by Crippen LogP contribution is 2.31. The van der Waals surface area contributed by atoms with Crippen LogP contribution < -0.4 is 26.0 Å². The Hall–Kier alpha value is -4.50. The summed E-state index contributed by atoms with van der Waals surface area (Å²) in [5.41, 5.74) is 9.84. The third-order valence-corrected chi connectivity index (χ3v) is 5.95. The van der Waals surface area contributed by atoms with Gasteiger partial charge in [-0.2, -0.15) is 0 Å². The number of hydrogen-bond donors (Lipinski definition) is 3. The first-order valence-electron chi connectivity index (χ1n) is 11.7. The van der Waals surface area contributed by atoms with Gasteiger partial charge in [-0.1, -0.05) is 42.5 Å². The molecule has 182 valence electrons. The van der Waals surface area contributed by atoms with Crippen molar-refractivity contribution in [2.75, 3.05) is 36.1 Å². The van der Waals surface area contributed by atoms with E-state index in [1.165, 1.54) is 5.56 Å². The monoisotopic (exact) mass is 481 g/mol. The minimum Gasteiger partial charge on any atom is -0.487 e. The van der Waals surface area contributed by atoms with Gasteiger partial charge in [-0.05, 0) is 23.8 Å². The molecular weight excluding hydrogens is 454 g/mol. The molecule has 3 heterocycles. The Kier molecular flexibility index (Phi) is 6.72. The van der Waals surface area contributed by atoms with Crippen LogP contribution in [-0.2, 0) is 6.54 Å². The molecule has 1 amide bonds. The Labute approximate surface area is 209 Å². The second-order valence-corrected chi connectivity index (χ2v) is 8.57. The number of pyridine rings is 1. The second-order valence-electron chi connectivity index (χ2n) is 8.57. The molecule has 0 spiro atoms. The average molecular weight is 482 g/mol. The van der Waals surface area contributed by atoms with Gasteiger partial charge in [0.1, 0.15) is 11.9 Å². The van der Waals surface area contributed by atoms with Crippen LogP contribution in [0, 0.1) is 0 Å². The van der Waals surface area contributed by atoms with Crippen molar-refractivity contribution in [2.45, 2.75) is 12.6 Å². The maximum Gasteiger partial charge on any atom is 0.278 e. The first-order chi connectivity index (χ1) is 17.6. The third-order valence-electron chi connectivity index (χ3n) is 5.95. The fourth-order valence-electron chi connectivity index (χ4n) is 4.17. The number of nitrogens with zero attached hydrogens (tertiary/aromatic N) is 4. The quantitative estimate of drug-likeness (QED) is 0.406. The number of rotatable bonds is 4. The van der Waals surface area contributed by atoms with E-state index in [-0.39, 0.29) is 17.6 Å². The number of anilines is 3. The van der Waals surface area contributed by atoms with Crippen molar-refractivity contribution in [1.29, 1.82) is 0 Å². The first-order valence-corrected chi connectivity index (χ1v) is 11.7. The zero-order valence-corrected chi connectivity index (χ0v) is 19.9. The highest BCUT2D eigenvalue weighted by molar-refractivity contribution is 6.07. The molecule has 0 saturated heterocycles. The van der Waals surface area contributed by atoms with Crippen LogP contribution in [-0.4, -0.2) is 47.1 Å². The van der Waals surface area contributed by atoms with Gasteiger partial charge in [0.15, 0.2) is 11.5 Å². The van der Waals surface area contributed by atoms with E-state index in [4.69, 9.17) is 10.5 Å². The van der Waals surface area contributed by atoms with Gasteiger partial charge in [-0.3, -0.25) is 9.78 Å². The predicted octanol–water partition coefficient (Wildman–Crippen LogP) is 3.36. The summed E-state index contributed by atoms with van der Waals surface area (Å²) in [5, 5.41) is 6.41. The molecule has 0 fully saturated rings. The highest BCUT2D eigenvalue weighted by atomic mass is 16.5. The Morgan fingerprint density at radius 2 is 1.92 bits per heavy atom. The lowest BCUT2D eigenvalue weighted by Gasteiger charge is -2.28. The normalized spacial score (nSPS) is 15.3. The summed E-state index contributed by atoms with van der Waals surface area (Å²) in [4.78, 5) is 28.2. The maximum absolute atomic E-state index is 13.1. The minimum absolute atomic E-state index is 0.0417. The zero-order valence-electron chi connectivity index (χ0n) is 19.9. The van der Waals surface area contributed by atoms with E-state index in [1.54, 1.807) is 18.6 Å². The van der Waals surface area contributed by atoms with Crippen molar-refractivity contribution in [3.63, 3.8) is 0 Å². The summed E-state index contributed by atoms with van der Waals surface area (Å²) in [7, 11) is 1.96. The van der Waals surface area contributed by atoms with Crippen LogP contribution in [0.3, 0.4) is 0 Å². The summed E-state index contributed by atoms with van der Waals surface area (Å²) in [6.45, 7) is 1.86. The number of nitrogens with two attached hydrogens (primary N) is 1. The van der Waals surface area contributed by atoms with E-state index in [9.17, 15) is 4.79 Å². The summed E-state index contributed by atoms with van der Waals surface area (Å²) >= 11 is 0. The molecule has 36 heavy (non-hydrogen) atoms. The van der Waals surface area contributed by atoms with Crippen LogP contribution >= 0.6 is 0 Å². The Morgan fingerprint density at radius 3 is 2.78 bits per heavy atom. The molecule has 0 unspecified atom stereocenters. The summed E-state index contributed by atoms with van der Waals surface area (Å²) in [6.07, 6.45) is 4.62. The lowest BCUT2D eigenvalue weighted by Crippen LogP contribution is -2.40. The standard InChI is InChI=1S/C27H27N7O2/c1-34-17-19(14-30-13-18-7-3-2-4-8-18)36-24-10-6-5-9-20(24)21-16-31-26(28)25(32-21)27(35)33-22-15-29-12-11-23(22)34/h2-12,15-16,19,30H,13-14,17H2,1H3,(H2,28,31)(H,33,35)/t19-/m0/s1. The molecule has 1 aliphatic heterocycles. The number of fused-ring (bicyclic) bond motifs is 5. The predicted molar refractivity (Wildman–Crippen MR) is 140 cm³/mol. The Morgan fingerprint density at radius 1 is 1.11 bits per heavy atom. The van der Waals surface area contributed by atoms with Crippen LogP contribution in [0.15, 0.2) is 79.3 Å². The Bertz CT molecular complexity index is 1360. The molecule has 2 aromatic heterocycles. The summed E-state index contributed by atoms with van der Waals surface area (Å²) in [6, 6.07) is 19.7. The number of para-hydroxylation sites is 1. The maximum atomic E-state index is 13.1. The fraction of sp³-hybridized carbons (Fsp3) is 0.185. The van der Waals surface area contributed by atoms with Gasteiger partial charge in [0.25, 0.3) is 5.91 Å². The van der Waals surface area contributed by atoms with E-state index in [0.717, 1.165) is 17.8 Å². The number of nitrogens with one attached hydrogen (secondary N) is 2. The number of likely N-dealkylation sites (N-methyl/N-ethyl adjacent to an activating group) is 1. The first kappa shape index (κ1) is 23.3. The van der Waals surface area contributed by atoms with Gasteiger partial charge in [0.2, 0.25) is 0 Å². The van der Waals surface area contributed by atoms with E-state index in [1.807, 2.05) is 60.5 Å². The van der Waals surface area contributed by atoms with Gasteiger partial charge in [-0.25, -0.2) is 9.97 Å². The third kappa shape index (κ3) is 5.11. The van der Waals surface area contributed by atoms with E-state index in [0.29, 0.717) is 30.2 Å². The fourth-order valence-corrected chi connectivity index (χ4v) is 4.17. The smallest absolute Gasteiger partial charge is 0.278 e. The number of nitrogen functional groups attached to an aromatic ring is 1. The van der Waals surface area contributed by atoms with Crippen molar-refractivity contribution in [3.05, 3.63) is 90.5 Å². The molecule has 4 N–H and O–H groups in total. The SMILES string of the molecule is CN1C[C@H](CNCc2ccccc2)Oc2ccccc2-c2cnc(N)c(n2)C(=O)Nc2cnccc21. The summed E-state index contributed by atoms with van der Waals surface area (Å²) < 4.78 is 6.56. The number of aromatic nitrogens is 3. The van der Waals surface area contributed by atoms with E-state index >= 15 is 0 Å². The molecule has 5 rings (SSSR count). The Balaban J connectivity index is 1.52. The number of amides is 1. The number of carbonyl (C=O) groups excluding carboxylic acids is 1. The van der Waals surface area contributed by atoms with Crippen molar-refractivity contribution in [2.24, 2.45) is 0 Å². The van der Waals surface area contributed by atoms with Gasteiger partial charge in [-0.15, -0.1) is 0 Å². The van der Waals surface area contributed by atoms with Crippen LogP contribution in [0.4, 0.5) is 17.2 Å².